The van der Waals surface area contributed by atoms with E-state index in [4.69, 9.17) is 13.8 Å². The molecule has 116 valence electrons. The summed E-state index contributed by atoms with van der Waals surface area (Å²) >= 11 is 0. The van der Waals surface area contributed by atoms with Crippen LogP contribution in [0, 0.1) is 13.8 Å². The minimum atomic E-state index is -0.330. The highest BCUT2D eigenvalue weighted by molar-refractivity contribution is 6.62. The summed E-state index contributed by atoms with van der Waals surface area (Å²) in [7, 11) is -0.330. The summed E-state index contributed by atoms with van der Waals surface area (Å²) in [4.78, 5) is 0. The Hall–Kier alpha value is -1.59. The van der Waals surface area contributed by atoms with Crippen LogP contribution in [0.25, 0.3) is 11.1 Å². The predicted molar refractivity (Wildman–Crippen MR) is 87.1 cm³/mol. The van der Waals surface area contributed by atoms with E-state index in [-0.39, 0.29) is 18.3 Å². The summed E-state index contributed by atoms with van der Waals surface area (Å²) < 4.78 is 17.4. The van der Waals surface area contributed by atoms with E-state index >= 15 is 0 Å². The quantitative estimate of drug-likeness (QED) is 0.798. The van der Waals surface area contributed by atoms with E-state index in [1.807, 2.05) is 26.0 Å². The number of nitrogens with zero attached hydrogens (tertiary/aromatic N) is 1. The van der Waals surface area contributed by atoms with Gasteiger partial charge in [0.25, 0.3) is 0 Å². The van der Waals surface area contributed by atoms with E-state index in [1.165, 1.54) is 0 Å². The first-order valence-corrected chi connectivity index (χ1v) is 7.60. The molecule has 1 aliphatic rings. The van der Waals surface area contributed by atoms with Crippen molar-refractivity contribution in [3.05, 3.63) is 35.7 Å². The molecule has 0 amide bonds. The number of rotatable bonds is 2. The van der Waals surface area contributed by atoms with Gasteiger partial charge in [-0.05, 0) is 52.6 Å². The third kappa shape index (κ3) is 2.38. The monoisotopic (exact) mass is 299 g/mol. The maximum atomic E-state index is 6.08. The van der Waals surface area contributed by atoms with E-state index in [0.717, 1.165) is 28.0 Å². The maximum Gasteiger partial charge on any atom is 0.494 e. The van der Waals surface area contributed by atoms with Gasteiger partial charge >= 0.3 is 7.12 Å². The van der Waals surface area contributed by atoms with Crippen molar-refractivity contribution in [3.63, 3.8) is 0 Å². The molecule has 5 heteroatoms. The van der Waals surface area contributed by atoms with Gasteiger partial charge in [0.15, 0.2) is 0 Å². The Morgan fingerprint density at radius 1 is 0.909 bits per heavy atom. The summed E-state index contributed by atoms with van der Waals surface area (Å²) in [5.41, 5.74) is 3.43. The van der Waals surface area contributed by atoms with E-state index in [0.29, 0.717) is 0 Å². The molecule has 0 saturated carbocycles. The average Bonchev–Trinajstić information content (AvgIpc) is 2.87. The largest absolute Gasteiger partial charge is 0.494 e. The summed E-state index contributed by atoms with van der Waals surface area (Å²) in [5.74, 6) is 0.834. The lowest BCUT2D eigenvalue weighted by molar-refractivity contribution is 0.00578. The standard InChI is InChI=1S/C17H22BNO3/c1-11-15(12(2)20-19-11)13-7-9-14(10-8-13)18-21-16(3,4)17(5,6)22-18/h7-10H,1-6H3. The van der Waals surface area contributed by atoms with Crippen LogP contribution < -0.4 is 5.46 Å². The minimum absolute atomic E-state index is 0.321. The molecule has 1 aliphatic heterocycles. The van der Waals surface area contributed by atoms with Gasteiger partial charge < -0.3 is 13.8 Å². The molecule has 0 N–H and O–H groups in total. The smallest absolute Gasteiger partial charge is 0.399 e. The Balaban J connectivity index is 1.87. The van der Waals surface area contributed by atoms with Crippen LogP contribution in [0.5, 0.6) is 0 Å². The fourth-order valence-corrected chi connectivity index (χ4v) is 2.68. The number of aromatic nitrogens is 1. The van der Waals surface area contributed by atoms with Crippen molar-refractivity contribution in [1.29, 1.82) is 0 Å². The van der Waals surface area contributed by atoms with E-state index < -0.39 is 0 Å². The lowest BCUT2D eigenvalue weighted by Crippen LogP contribution is -2.41. The van der Waals surface area contributed by atoms with Crippen molar-refractivity contribution in [1.82, 2.24) is 5.16 Å². The van der Waals surface area contributed by atoms with Gasteiger partial charge in [-0.2, -0.15) is 0 Å². The fraction of sp³-hybridized carbons (Fsp3) is 0.471. The maximum absolute atomic E-state index is 6.08. The molecule has 22 heavy (non-hydrogen) atoms. The molecular formula is C17H22BNO3. The SMILES string of the molecule is Cc1noc(C)c1-c1ccc(B2OC(C)(C)C(C)(C)O2)cc1. The number of hydrogen-bond acceptors (Lipinski definition) is 4. The Kier molecular flexibility index (Phi) is 3.46. The van der Waals surface area contributed by atoms with Crippen LogP contribution in [0.15, 0.2) is 28.8 Å². The molecule has 3 rings (SSSR count). The van der Waals surface area contributed by atoms with Gasteiger partial charge in [-0.1, -0.05) is 29.4 Å². The third-order valence-corrected chi connectivity index (χ3v) is 4.76. The third-order valence-electron chi connectivity index (χ3n) is 4.76. The highest BCUT2D eigenvalue weighted by Gasteiger charge is 2.51. The first-order valence-electron chi connectivity index (χ1n) is 7.60. The topological polar surface area (TPSA) is 44.5 Å². The fourth-order valence-electron chi connectivity index (χ4n) is 2.68. The molecule has 0 bridgehead atoms. The van der Waals surface area contributed by atoms with Gasteiger partial charge in [0, 0.05) is 5.56 Å². The molecule has 1 aromatic carbocycles. The first-order chi connectivity index (χ1) is 10.2. The zero-order valence-electron chi connectivity index (χ0n) is 14.1. The summed E-state index contributed by atoms with van der Waals surface area (Å²) in [6.45, 7) is 12.1. The van der Waals surface area contributed by atoms with Crippen molar-refractivity contribution < 1.29 is 13.8 Å². The summed E-state index contributed by atoms with van der Waals surface area (Å²) in [6.07, 6.45) is 0. The van der Waals surface area contributed by atoms with Gasteiger partial charge in [-0.15, -0.1) is 0 Å². The van der Waals surface area contributed by atoms with E-state index in [1.54, 1.807) is 0 Å². The van der Waals surface area contributed by atoms with Gasteiger partial charge in [0.05, 0.1) is 16.9 Å². The molecule has 1 fully saturated rings. The number of benzene rings is 1. The molecule has 2 aromatic rings. The van der Waals surface area contributed by atoms with E-state index in [9.17, 15) is 0 Å². The van der Waals surface area contributed by atoms with Gasteiger partial charge in [0.2, 0.25) is 0 Å². The Labute approximate surface area is 131 Å². The Morgan fingerprint density at radius 3 is 1.91 bits per heavy atom. The van der Waals surface area contributed by atoms with Crippen molar-refractivity contribution in [2.45, 2.75) is 52.7 Å². The molecule has 1 saturated heterocycles. The molecule has 2 heterocycles. The minimum Gasteiger partial charge on any atom is -0.399 e. The molecule has 0 aliphatic carbocycles. The zero-order valence-corrected chi connectivity index (χ0v) is 14.1. The van der Waals surface area contributed by atoms with Crippen molar-refractivity contribution in [2.75, 3.05) is 0 Å². The van der Waals surface area contributed by atoms with Crippen LogP contribution in [0.3, 0.4) is 0 Å². The zero-order chi connectivity index (χ0) is 16.1. The van der Waals surface area contributed by atoms with Gasteiger partial charge in [-0.3, -0.25) is 0 Å². The second-order valence-electron chi connectivity index (χ2n) is 6.91. The Bertz CT molecular complexity index is 653. The second kappa shape index (κ2) is 4.96. The van der Waals surface area contributed by atoms with E-state index in [2.05, 4.69) is 45.0 Å². The summed E-state index contributed by atoms with van der Waals surface area (Å²) in [5, 5.41) is 4.01. The van der Waals surface area contributed by atoms with Crippen LogP contribution in [0.4, 0.5) is 0 Å². The lowest BCUT2D eigenvalue weighted by Gasteiger charge is -2.32. The lowest BCUT2D eigenvalue weighted by atomic mass is 9.78. The normalized spacial score (nSPS) is 19.6. The highest BCUT2D eigenvalue weighted by Crippen LogP contribution is 2.36. The van der Waals surface area contributed by atoms with Crippen molar-refractivity contribution in [2.24, 2.45) is 0 Å². The molecule has 0 atom stereocenters. The van der Waals surface area contributed by atoms with Crippen LogP contribution in [-0.4, -0.2) is 23.5 Å². The Morgan fingerprint density at radius 2 is 1.45 bits per heavy atom. The summed E-state index contributed by atoms with van der Waals surface area (Å²) in [6, 6.07) is 8.21. The molecule has 1 aromatic heterocycles. The van der Waals surface area contributed by atoms with Crippen LogP contribution in [0.1, 0.15) is 39.1 Å². The predicted octanol–water partition coefficient (Wildman–Crippen LogP) is 3.26. The van der Waals surface area contributed by atoms with Crippen molar-refractivity contribution in [3.8, 4) is 11.1 Å². The molecule has 0 radical (unpaired) electrons. The van der Waals surface area contributed by atoms with Gasteiger partial charge in [0.1, 0.15) is 5.76 Å². The molecular weight excluding hydrogens is 277 g/mol. The number of aryl methyl sites for hydroxylation is 2. The average molecular weight is 299 g/mol. The van der Waals surface area contributed by atoms with Gasteiger partial charge in [-0.25, -0.2) is 0 Å². The van der Waals surface area contributed by atoms with Crippen LogP contribution in [-0.2, 0) is 9.31 Å². The van der Waals surface area contributed by atoms with Crippen molar-refractivity contribution >= 4 is 12.6 Å². The molecule has 4 nitrogen and oxygen atoms in total. The van der Waals surface area contributed by atoms with Crippen LogP contribution >= 0.6 is 0 Å². The molecule has 0 unspecified atom stereocenters. The first kappa shape index (κ1) is 15.3. The second-order valence-corrected chi connectivity index (χ2v) is 6.91. The number of hydrogen-bond donors (Lipinski definition) is 0. The highest BCUT2D eigenvalue weighted by atomic mass is 16.7. The van der Waals surface area contributed by atoms with Crippen LogP contribution in [0.2, 0.25) is 0 Å². The molecule has 0 spiro atoms.